The number of nitrogens with one attached hydrogen (secondary N) is 1. The van der Waals surface area contributed by atoms with E-state index in [-0.39, 0.29) is 42.6 Å². The lowest BCUT2D eigenvalue weighted by Crippen LogP contribution is -2.55. The van der Waals surface area contributed by atoms with E-state index in [1.165, 1.54) is 59.5 Å². The zero-order chi connectivity index (χ0) is 42.3. The summed E-state index contributed by atoms with van der Waals surface area (Å²) < 4.78 is 25.1. The average molecular weight is 825 g/mol. The Morgan fingerprint density at radius 2 is 1.45 bits per heavy atom. The van der Waals surface area contributed by atoms with Crippen LogP contribution in [0.15, 0.2) is 91.0 Å². The molecule has 4 aromatic rings. The highest BCUT2D eigenvalue weighted by Gasteiger charge is 2.49. The molecule has 1 fully saturated rings. The van der Waals surface area contributed by atoms with E-state index >= 15 is 0 Å². The lowest BCUT2D eigenvalue weighted by molar-refractivity contribution is -0.131. The van der Waals surface area contributed by atoms with E-state index in [1.54, 1.807) is 36.4 Å². The van der Waals surface area contributed by atoms with Crippen LogP contribution in [0.2, 0.25) is 0 Å². The van der Waals surface area contributed by atoms with Gasteiger partial charge in [-0.3, -0.25) is 18.9 Å². The third-order valence-corrected chi connectivity index (χ3v) is 11.2. The van der Waals surface area contributed by atoms with E-state index in [1.807, 2.05) is 0 Å². The number of carbonyl (C=O) groups is 3. The number of hydrogen-bond acceptors (Lipinski definition) is 11. The van der Waals surface area contributed by atoms with Gasteiger partial charge in [-0.05, 0) is 84.0 Å². The predicted octanol–water partition coefficient (Wildman–Crippen LogP) is 1.66. The van der Waals surface area contributed by atoms with Crippen LogP contribution in [0.25, 0.3) is 11.1 Å². The Labute approximate surface area is 332 Å². The number of phenolic OH excluding ortho intramolecular Hbond substituents is 1. The zero-order valence-corrected chi connectivity index (χ0v) is 32.0. The number of amides is 2. The monoisotopic (exact) mass is 824 g/mol. The van der Waals surface area contributed by atoms with E-state index in [9.17, 15) is 63.8 Å². The molecule has 17 heteroatoms. The smallest absolute Gasteiger partial charge is 0.356 e. The number of aliphatic hydroxyl groups excluding tert-OH is 6. The molecular weight excluding hydrogens is 778 g/mol. The Balaban J connectivity index is 1.25. The number of rotatable bonds is 19. The first-order chi connectivity index (χ1) is 27.5. The van der Waals surface area contributed by atoms with Crippen LogP contribution in [0.3, 0.4) is 0 Å². The third-order valence-electron chi connectivity index (χ3n) is 10.2. The second-order valence-corrected chi connectivity index (χ2v) is 15.9. The number of benzene rings is 4. The lowest BCUT2D eigenvalue weighted by atomic mass is 9.77. The van der Waals surface area contributed by atoms with Crippen LogP contribution >= 0.6 is 7.60 Å². The van der Waals surface area contributed by atoms with E-state index in [4.69, 9.17) is 5.11 Å². The summed E-state index contributed by atoms with van der Waals surface area (Å²) in [5, 5.41) is 72.2. The number of Topliss-reactive ketones (excluding diaryl/α,β-unsaturated/α-hetero) is 1. The normalized spacial score (nSPS) is 18.2. The largest absolute Gasteiger partial charge is 0.508 e. The predicted molar refractivity (Wildman–Crippen MR) is 208 cm³/mol. The maximum atomic E-state index is 13.8. The number of phenols is 1. The van der Waals surface area contributed by atoms with Crippen molar-refractivity contribution < 1.29 is 68.9 Å². The number of aryl methyl sites for hydroxylation is 1. The standard InChI is InChI=1S/C41H46FN2O13P/c42-27-9-4-25(5-10-27)33(47)18-17-32-38(31-16-8-26(19-34(31)48)24-6-14-30(15-7-24)58(55,56)57)44(41(32)54)28-11-1-23(2-12-28)3-13-29(46)20-37(51)43-21-35(49)39(52)40(53)36(50)22-45/h1-2,4-12,14-16,19,32-33,35-36,38-40,45,47-50,52-53H,3,13,17-18,20-22H2,(H,43,51)(H2,55,56,57)/t32-,33+,35+,36-,38-,39-,40-/m1/s1. The molecule has 7 atom stereocenters. The highest BCUT2D eigenvalue weighted by Crippen LogP contribution is 2.49. The van der Waals surface area contributed by atoms with E-state index < -0.39 is 87.2 Å². The summed E-state index contributed by atoms with van der Waals surface area (Å²) in [4.78, 5) is 59.0. The fourth-order valence-electron chi connectivity index (χ4n) is 6.82. The van der Waals surface area contributed by atoms with Gasteiger partial charge in [-0.1, -0.05) is 48.5 Å². The van der Waals surface area contributed by atoms with Crippen molar-refractivity contribution in [3.63, 3.8) is 0 Å². The molecule has 310 valence electrons. The molecule has 2 amide bonds. The first-order valence-electron chi connectivity index (χ1n) is 18.4. The van der Waals surface area contributed by atoms with Crippen molar-refractivity contribution in [1.82, 2.24) is 5.32 Å². The van der Waals surface area contributed by atoms with Gasteiger partial charge in [0.2, 0.25) is 11.8 Å². The maximum absolute atomic E-state index is 13.8. The fourth-order valence-corrected chi connectivity index (χ4v) is 7.36. The summed E-state index contributed by atoms with van der Waals surface area (Å²) >= 11 is 0. The van der Waals surface area contributed by atoms with Crippen LogP contribution in [-0.4, -0.2) is 101 Å². The van der Waals surface area contributed by atoms with Gasteiger partial charge in [0.05, 0.1) is 42.5 Å². The summed E-state index contributed by atoms with van der Waals surface area (Å²) in [5.74, 6) is -2.66. The first-order valence-corrected chi connectivity index (χ1v) is 20.1. The number of nitrogens with zero attached hydrogens (tertiary/aromatic N) is 1. The van der Waals surface area contributed by atoms with Gasteiger partial charge in [-0.25, -0.2) is 4.39 Å². The molecule has 1 heterocycles. The Morgan fingerprint density at radius 1 is 0.828 bits per heavy atom. The van der Waals surface area contributed by atoms with Gasteiger partial charge in [-0.15, -0.1) is 0 Å². The fraction of sp³-hybridized carbons (Fsp3) is 0.341. The minimum Gasteiger partial charge on any atom is -0.508 e. The minimum absolute atomic E-state index is 0.0225. The van der Waals surface area contributed by atoms with Gasteiger partial charge in [0.15, 0.2) is 0 Å². The van der Waals surface area contributed by atoms with Gasteiger partial charge >= 0.3 is 7.60 Å². The van der Waals surface area contributed by atoms with E-state index in [0.29, 0.717) is 33.5 Å². The molecule has 0 spiro atoms. The van der Waals surface area contributed by atoms with Crippen molar-refractivity contribution in [2.45, 2.75) is 68.7 Å². The summed E-state index contributed by atoms with van der Waals surface area (Å²) in [6.07, 6.45) is -7.99. The molecule has 5 rings (SSSR count). The van der Waals surface area contributed by atoms with Crippen LogP contribution in [-0.2, 0) is 25.4 Å². The maximum Gasteiger partial charge on any atom is 0.356 e. The third kappa shape index (κ3) is 10.8. The molecule has 58 heavy (non-hydrogen) atoms. The molecule has 0 bridgehead atoms. The molecule has 10 N–H and O–H groups in total. The van der Waals surface area contributed by atoms with Crippen LogP contribution in [0.1, 0.15) is 54.5 Å². The number of anilines is 1. The Bertz CT molecular complexity index is 2100. The van der Waals surface area contributed by atoms with Crippen molar-refractivity contribution in [3.8, 4) is 16.9 Å². The number of aliphatic hydroxyl groups is 6. The lowest BCUT2D eigenvalue weighted by Gasteiger charge is -2.48. The highest BCUT2D eigenvalue weighted by atomic mass is 31.2. The highest BCUT2D eigenvalue weighted by molar-refractivity contribution is 7.60. The average Bonchev–Trinajstić information content (AvgIpc) is 3.20. The van der Waals surface area contributed by atoms with Crippen LogP contribution < -0.4 is 15.5 Å². The number of aromatic hydroxyl groups is 1. The topological polar surface area (TPSA) is 266 Å². The molecule has 1 aliphatic heterocycles. The molecule has 1 saturated heterocycles. The van der Waals surface area contributed by atoms with Gasteiger partial charge in [-0.2, -0.15) is 0 Å². The number of carbonyl (C=O) groups excluding carboxylic acids is 3. The van der Waals surface area contributed by atoms with Gasteiger partial charge in [0.25, 0.3) is 0 Å². The molecular formula is C41H46FN2O13P. The van der Waals surface area contributed by atoms with Gasteiger partial charge in [0.1, 0.15) is 35.7 Å². The molecule has 1 aliphatic rings. The van der Waals surface area contributed by atoms with E-state index in [0.717, 1.165) is 0 Å². The van der Waals surface area contributed by atoms with Crippen LogP contribution in [0.5, 0.6) is 5.75 Å². The second kappa shape index (κ2) is 19.3. The first kappa shape index (κ1) is 44.2. The van der Waals surface area contributed by atoms with Crippen molar-refractivity contribution in [2.24, 2.45) is 5.92 Å². The molecule has 4 aromatic carbocycles. The van der Waals surface area contributed by atoms with Crippen molar-refractivity contribution in [1.29, 1.82) is 0 Å². The van der Waals surface area contributed by atoms with Crippen molar-refractivity contribution >= 4 is 36.2 Å². The van der Waals surface area contributed by atoms with E-state index in [2.05, 4.69) is 5.32 Å². The summed E-state index contributed by atoms with van der Waals surface area (Å²) in [6, 6.07) is 22.1. The molecule has 0 unspecified atom stereocenters. The number of hydrogen-bond donors (Lipinski definition) is 10. The number of ketones is 1. The molecule has 15 nitrogen and oxygen atoms in total. The van der Waals surface area contributed by atoms with Gasteiger partial charge < -0.3 is 55.7 Å². The molecule has 0 radical (unpaired) electrons. The molecule has 0 aromatic heterocycles. The van der Waals surface area contributed by atoms with Crippen LogP contribution in [0.4, 0.5) is 10.1 Å². The summed E-state index contributed by atoms with van der Waals surface area (Å²) in [7, 11) is -4.45. The summed E-state index contributed by atoms with van der Waals surface area (Å²) in [6.45, 7) is -1.38. The SMILES string of the molecule is O=C(CCc1ccc(N2C(=O)[C@H](CC[C@H](O)c3ccc(F)cc3)[C@H]2c2ccc(-c3ccc(P(=O)(O)O)cc3)cc2O)cc1)CC(=O)NC[C@H](O)[C@@H](O)[C@H](O)[C@H](O)CO. The summed E-state index contributed by atoms with van der Waals surface area (Å²) in [5.41, 5.74) is 3.26. The number of β-lactam (4-membered cyclic amide) rings is 1. The second-order valence-electron chi connectivity index (χ2n) is 14.3. The zero-order valence-electron chi connectivity index (χ0n) is 31.1. The minimum atomic E-state index is -4.45. The quantitative estimate of drug-likeness (QED) is 0.0367. The Morgan fingerprint density at radius 3 is 2.05 bits per heavy atom. The van der Waals surface area contributed by atoms with Crippen molar-refractivity contribution in [2.75, 3.05) is 18.1 Å². The Hall–Kier alpha value is -4.87. The Kier molecular flexibility index (Phi) is 14.7. The van der Waals surface area contributed by atoms with Gasteiger partial charge in [0, 0.05) is 24.2 Å². The molecule has 0 saturated carbocycles. The molecule has 0 aliphatic carbocycles. The van der Waals surface area contributed by atoms with Crippen molar-refractivity contribution in [3.05, 3.63) is 114 Å². The number of halogens is 1. The van der Waals surface area contributed by atoms with Crippen LogP contribution in [0, 0.1) is 11.7 Å².